The van der Waals surface area contributed by atoms with Crippen LogP contribution in [0.5, 0.6) is 0 Å². The number of likely N-dealkylation sites (N-methyl/N-ethyl adjacent to an activating group) is 1. The van der Waals surface area contributed by atoms with Crippen molar-refractivity contribution in [2.24, 2.45) is 5.10 Å². The van der Waals surface area contributed by atoms with Crippen LogP contribution in [-0.4, -0.2) is 65.2 Å². The molecule has 1 unspecified atom stereocenters. The predicted octanol–water partition coefficient (Wildman–Crippen LogP) is 4.51. The van der Waals surface area contributed by atoms with Gasteiger partial charge >= 0.3 is 0 Å². The molecule has 2 aliphatic heterocycles. The summed E-state index contributed by atoms with van der Waals surface area (Å²) in [6.45, 7) is 6.98. The largest absolute Gasteiger partial charge is 0.467 e. The number of hydrazone groups is 1. The van der Waals surface area contributed by atoms with Gasteiger partial charge in [-0.25, -0.2) is 5.01 Å². The number of amides is 1. The van der Waals surface area contributed by atoms with Gasteiger partial charge in [-0.05, 0) is 71.1 Å². The standard InChI is InChI=1S/C26H32N4O3/c1-18(2)29-12-10-20(11-13-29)28(3)17-26(31)30-22(24-9-6-14-32-24)16-21(27-30)25-15-19-7-4-5-8-23(19)33-25/h4-9,14-15,18,20,22H,10-13,16-17H2,1-3H3. The molecular weight excluding hydrogens is 416 g/mol. The summed E-state index contributed by atoms with van der Waals surface area (Å²) in [7, 11) is 2.05. The monoisotopic (exact) mass is 448 g/mol. The Labute approximate surface area is 194 Å². The van der Waals surface area contributed by atoms with Crippen molar-refractivity contribution < 1.29 is 13.6 Å². The SMILES string of the molecule is CC(C)N1CCC(N(C)CC(=O)N2N=C(c3cc4ccccc4o3)CC2c2ccco2)CC1. The predicted molar refractivity (Wildman–Crippen MR) is 128 cm³/mol. The van der Waals surface area contributed by atoms with E-state index in [-0.39, 0.29) is 11.9 Å². The highest BCUT2D eigenvalue weighted by molar-refractivity contribution is 6.03. The Kier molecular flexibility index (Phi) is 6.08. The van der Waals surface area contributed by atoms with Gasteiger partial charge in [-0.3, -0.25) is 9.69 Å². The molecule has 4 heterocycles. The van der Waals surface area contributed by atoms with Crippen molar-refractivity contribution in [3.8, 4) is 0 Å². The number of para-hydroxylation sites is 1. The minimum absolute atomic E-state index is 0.0173. The number of rotatable bonds is 6. The number of benzene rings is 1. The molecule has 1 aromatic carbocycles. The number of furan rings is 2. The summed E-state index contributed by atoms with van der Waals surface area (Å²) >= 11 is 0. The molecule has 2 aliphatic rings. The highest BCUT2D eigenvalue weighted by Gasteiger charge is 2.37. The first kappa shape index (κ1) is 21.9. The summed E-state index contributed by atoms with van der Waals surface area (Å²) in [6, 6.07) is 14.4. The first-order chi connectivity index (χ1) is 16.0. The van der Waals surface area contributed by atoms with Gasteiger partial charge < -0.3 is 13.7 Å². The number of hydrogen-bond donors (Lipinski definition) is 0. The van der Waals surface area contributed by atoms with Crippen LogP contribution >= 0.6 is 0 Å². The minimum atomic E-state index is -0.257. The Bertz CT molecular complexity index is 1090. The van der Waals surface area contributed by atoms with E-state index in [2.05, 4.69) is 30.7 Å². The molecule has 7 nitrogen and oxygen atoms in total. The van der Waals surface area contributed by atoms with E-state index in [9.17, 15) is 4.79 Å². The molecule has 0 spiro atoms. The van der Waals surface area contributed by atoms with Gasteiger partial charge in [-0.15, -0.1) is 0 Å². The summed E-state index contributed by atoms with van der Waals surface area (Å²) in [5.74, 6) is 1.43. The number of carbonyl (C=O) groups excluding carboxylic acids is 1. The van der Waals surface area contributed by atoms with Crippen LogP contribution in [0.1, 0.15) is 50.7 Å². The maximum Gasteiger partial charge on any atom is 0.257 e. The summed E-state index contributed by atoms with van der Waals surface area (Å²) in [5, 5.41) is 7.36. The lowest BCUT2D eigenvalue weighted by molar-refractivity contribution is -0.135. The van der Waals surface area contributed by atoms with Gasteiger partial charge in [0, 0.05) is 23.9 Å². The van der Waals surface area contributed by atoms with Gasteiger partial charge in [0.25, 0.3) is 5.91 Å². The first-order valence-electron chi connectivity index (χ1n) is 11.9. The van der Waals surface area contributed by atoms with Crippen molar-refractivity contribution in [2.45, 2.75) is 51.2 Å². The number of nitrogens with zero attached hydrogens (tertiary/aromatic N) is 4. The Morgan fingerprint density at radius 2 is 1.97 bits per heavy atom. The van der Waals surface area contributed by atoms with E-state index in [0.717, 1.165) is 48.4 Å². The summed E-state index contributed by atoms with van der Waals surface area (Å²) < 4.78 is 11.7. The molecule has 1 atom stereocenters. The number of carbonyl (C=O) groups is 1. The summed E-state index contributed by atoms with van der Waals surface area (Å²) in [4.78, 5) is 18.1. The molecule has 5 rings (SSSR count). The highest BCUT2D eigenvalue weighted by atomic mass is 16.3. The number of piperidine rings is 1. The lowest BCUT2D eigenvalue weighted by Crippen LogP contribution is -2.48. The van der Waals surface area contributed by atoms with Crippen molar-refractivity contribution >= 4 is 22.6 Å². The molecule has 2 aromatic heterocycles. The Hall–Kier alpha value is -2.90. The number of hydrogen-bond acceptors (Lipinski definition) is 6. The van der Waals surface area contributed by atoms with E-state index in [1.165, 1.54) is 0 Å². The quantitative estimate of drug-likeness (QED) is 0.555. The molecule has 0 N–H and O–H groups in total. The third kappa shape index (κ3) is 4.48. The maximum absolute atomic E-state index is 13.4. The topological polar surface area (TPSA) is 65.4 Å². The molecular formula is C26H32N4O3. The van der Waals surface area contributed by atoms with Crippen molar-refractivity contribution in [3.63, 3.8) is 0 Å². The zero-order valence-corrected chi connectivity index (χ0v) is 19.6. The molecule has 0 aliphatic carbocycles. The van der Waals surface area contributed by atoms with Crippen LogP contribution in [0.15, 0.2) is 62.7 Å². The molecule has 174 valence electrons. The van der Waals surface area contributed by atoms with E-state index < -0.39 is 0 Å². The fourth-order valence-electron chi connectivity index (χ4n) is 4.97. The fraction of sp³-hybridized carbons (Fsp3) is 0.462. The maximum atomic E-state index is 13.4. The van der Waals surface area contributed by atoms with Crippen molar-refractivity contribution in [2.75, 3.05) is 26.7 Å². The molecule has 3 aromatic rings. The van der Waals surface area contributed by atoms with E-state index >= 15 is 0 Å². The number of likely N-dealkylation sites (tertiary alicyclic amines) is 1. The molecule has 1 amide bonds. The number of fused-ring (bicyclic) bond motifs is 1. The van der Waals surface area contributed by atoms with Crippen LogP contribution < -0.4 is 0 Å². The Morgan fingerprint density at radius 1 is 1.18 bits per heavy atom. The zero-order chi connectivity index (χ0) is 22.9. The summed E-state index contributed by atoms with van der Waals surface area (Å²) in [5.41, 5.74) is 1.59. The van der Waals surface area contributed by atoms with Gasteiger partial charge in [0.2, 0.25) is 0 Å². The molecule has 7 heteroatoms. The van der Waals surface area contributed by atoms with Gasteiger partial charge in [0.15, 0.2) is 5.76 Å². The average Bonchev–Trinajstić information content (AvgIpc) is 3.57. The van der Waals surface area contributed by atoms with Crippen molar-refractivity contribution in [3.05, 3.63) is 60.2 Å². The van der Waals surface area contributed by atoms with Crippen LogP contribution in [0.2, 0.25) is 0 Å². The zero-order valence-electron chi connectivity index (χ0n) is 19.6. The van der Waals surface area contributed by atoms with Crippen LogP contribution in [0.25, 0.3) is 11.0 Å². The van der Waals surface area contributed by atoms with Gasteiger partial charge in [-0.1, -0.05) is 18.2 Å². The molecule has 0 bridgehead atoms. The van der Waals surface area contributed by atoms with E-state index in [1.54, 1.807) is 11.3 Å². The lowest BCUT2D eigenvalue weighted by Gasteiger charge is -2.38. The van der Waals surface area contributed by atoms with E-state index in [1.807, 2.05) is 42.5 Å². The Balaban J connectivity index is 1.33. The van der Waals surface area contributed by atoms with Gasteiger partial charge in [-0.2, -0.15) is 5.10 Å². The van der Waals surface area contributed by atoms with Crippen molar-refractivity contribution in [1.29, 1.82) is 0 Å². The molecule has 0 radical (unpaired) electrons. The highest BCUT2D eigenvalue weighted by Crippen LogP contribution is 2.34. The first-order valence-corrected chi connectivity index (χ1v) is 11.9. The smallest absolute Gasteiger partial charge is 0.257 e. The third-order valence-corrected chi connectivity index (χ3v) is 6.98. The summed E-state index contributed by atoms with van der Waals surface area (Å²) in [6.07, 6.45) is 4.37. The second-order valence-electron chi connectivity index (χ2n) is 9.44. The second-order valence-corrected chi connectivity index (χ2v) is 9.44. The fourth-order valence-corrected chi connectivity index (χ4v) is 4.97. The second kappa shape index (κ2) is 9.15. The van der Waals surface area contributed by atoms with E-state index in [4.69, 9.17) is 13.9 Å². The molecule has 33 heavy (non-hydrogen) atoms. The van der Waals surface area contributed by atoms with Crippen LogP contribution in [0.3, 0.4) is 0 Å². The normalized spacial score (nSPS) is 20.3. The van der Waals surface area contributed by atoms with Gasteiger partial charge in [0.1, 0.15) is 23.1 Å². The van der Waals surface area contributed by atoms with Crippen LogP contribution in [0, 0.1) is 0 Å². The van der Waals surface area contributed by atoms with Gasteiger partial charge in [0.05, 0.1) is 12.8 Å². The van der Waals surface area contributed by atoms with Crippen molar-refractivity contribution in [1.82, 2.24) is 14.8 Å². The lowest BCUT2D eigenvalue weighted by atomic mass is 10.0. The minimum Gasteiger partial charge on any atom is -0.467 e. The average molecular weight is 449 g/mol. The van der Waals surface area contributed by atoms with Crippen LogP contribution in [-0.2, 0) is 4.79 Å². The molecule has 1 saturated heterocycles. The Morgan fingerprint density at radius 3 is 2.67 bits per heavy atom. The molecule has 1 fully saturated rings. The van der Waals surface area contributed by atoms with E-state index in [0.29, 0.717) is 30.8 Å². The third-order valence-electron chi connectivity index (χ3n) is 6.98. The molecule has 0 saturated carbocycles. The van der Waals surface area contributed by atoms with Crippen LogP contribution in [0.4, 0.5) is 0 Å².